The van der Waals surface area contributed by atoms with Crippen molar-refractivity contribution in [1.82, 2.24) is 4.90 Å². The first-order valence-corrected chi connectivity index (χ1v) is 8.91. The van der Waals surface area contributed by atoms with Gasteiger partial charge < -0.3 is 10.6 Å². The fraction of sp³-hybridized carbons (Fsp3) is 0.429. The second-order valence-corrected chi connectivity index (χ2v) is 6.71. The van der Waals surface area contributed by atoms with Crippen molar-refractivity contribution >= 4 is 0 Å². The van der Waals surface area contributed by atoms with Gasteiger partial charge in [-0.05, 0) is 56.4 Å². The molecule has 2 aromatic carbocycles. The molecule has 0 aromatic heterocycles. The van der Waals surface area contributed by atoms with Crippen LogP contribution in [0.15, 0.2) is 60.7 Å². The molecule has 1 aliphatic rings. The average Bonchev–Trinajstić information content (AvgIpc) is 2.64. The largest absolute Gasteiger partial charge is 0.318 e. The third-order valence-electron chi connectivity index (χ3n) is 5.07. The second kappa shape index (κ2) is 7.76. The maximum atomic E-state index is 6.94. The summed E-state index contributed by atoms with van der Waals surface area (Å²) in [4.78, 5) is 2.60. The third-order valence-corrected chi connectivity index (χ3v) is 5.07. The molecule has 1 fully saturated rings. The first-order chi connectivity index (χ1) is 11.3. The Morgan fingerprint density at radius 1 is 0.783 bits per heavy atom. The Morgan fingerprint density at radius 3 is 1.83 bits per heavy atom. The molecule has 0 atom stereocenters. The molecule has 1 heterocycles. The number of nitrogens with two attached hydrogens (primary N) is 1. The summed E-state index contributed by atoms with van der Waals surface area (Å²) >= 11 is 0. The highest BCUT2D eigenvalue weighted by molar-refractivity contribution is 5.37. The Balaban J connectivity index is 1.73. The summed E-state index contributed by atoms with van der Waals surface area (Å²) < 4.78 is 0. The number of hydrogen-bond acceptors (Lipinski definition) is 2. The van der Waals surface area contributed by atoms with Crippen LogP contribution in [-0.2, 0) is 5.54 Å². The van der Waals surface area contributed by atoms with Crippen LogP contribution in [0.1, 0.15) is 43.2 Å². The predicted octanol–water partition coefficient (Wildman–Crippen LogP) is 4.16. The molecular weight excluding hydrogens is 280 g/mol. The first-order valence-electron chi connectivity index (χ1n) is 8.91. The fourth-order valence-electron chi connectivity index (χ4n) is 3.69. The van der Waals surface area contributed by atoms with Crippen molar-refractivity contribution in [2.45, 2.75) is 37.6 Å². The van der Waals surface area contributed by atoms with Crippen LogP contribution in [0.2, 0.25) is 0 Å². The SMILES string of the molecule is NC(CCCN1CCCCC1)(c1ccccc1)c1ccccc1. The second-order valence-electron chi connectivity index (χ2n) is 6.71. The van der Waals surface area contributed by atoms with Gasteiger partial charge in [-0.3, -0.25) is 0 Å². The first kappa shape index (κ1) is 16.2. The molecule has 2 N–H and O–H groups in total. The molecule has 0 saturated carbocycles. The van der Waals surface area contributed by atoms with Crippen LogP contribution in [0.5, 0.6) is 0 Å². The summed E-state index contributed by atoms with van der Waals surface area (Å²) in [5.74, 6) is 0. The molecule has 122 valence electrons. The summed E-state index contributed by atoms with van der Waals surface area (Å²) in [5.41, 5.74) is 8.97. The van der Waals surface area contributed by atoms with Crippen molar-refractivity contribution in [3.8, 4) is 0 Å². The summed E-state index contributed by atoms with van der Waals surface area (Å²) in [6.07, 6.45) is 6.22. The van der Waals surface area contributed by atoms with E-state index in [0.29, 0.717) is 0 Å². The molecule has 1 saturated heterocycles. The van der Waals surface area contributed by atoms with Gasteiger partial charge in [0.2, 0.25) is 0 Å². The predicted molar refractivity (Wildman–Crippen MR) is 97.4 cm³/mol. The molecule has 2 heteroatoms. The maximum Gasteiger partial charge on any atom is 0.0666 e. The van der Waals surface area contributed by atoms with Crippen LogP contribution < -0.4 is 5.73 Å². The van der Waals surface area contributed by atoms with Crippen molar-refractivity contribution in [3.05, 3.63) is 71.8 Å². The molecule has 0 spiro atoms. The van der Waals surface area contributed by atoms with E-state index in [4.69, 9.17) is 5.73 Å². The molecule has 3 rings (SSSR count). The van der Waals surface area contributed by atoms with Gasteiger partial charge in [0, 0.05) is 0 Å². The van der Waals surface area contributed by atoms with Crippen LogP contribution in [0.4, 0.5) is 0 Å². The summed E-state index contributed by atoms with van der Waals surface area (Å²) in [5, 5.41) is 0. The Morgan fingerprint density at radius 2 is 1.30 bits per heavy atom. The lowest BCUT2D eigenvalue weighted by Gasteiger charge is -2.33. The van der Waals surface area contributed by atoms with E-state index < -0.39 is 5.54 Å². The molecule has 2 nitrogen and oxygen atoms in total. The lowest BCUT2D eigenvalue weighted by Crippen LogP contribution is -2.39. The Bertz CT molecular complexity index is 534. The van der Waals surface area contributed by atoms with Gasteiger partial charge in [0.1, 0.15) is 0 Å². The molecule has 0 bridgehead atoms. The van der Waals surface area contributed by atoms with Crippen LogP contribution >= 0.6 is 0 Å². The fourth-order valence-corrected chi connectivity index (χ4v) is 3.69. The molecule has 23 heavy (non-hydrogen) atoms. The Hall–Kier alpha value is -1.64. The van der Waals surface area contributed by atoms with Crippen LogP contribution in [0, 0.1) is 0 Å². The van der Waals surface area contributed by atoms with Gasteiger partial charge in [0.15, 0.2) is 0 Å². The van der Waals surface area contributed by atoms with E-state index in [-0.39, 0.29) is 0 Å². The topological polar surface area (TPSA) is 29.3 Å². The van der Waals surface area contributed by atoms with Crippen LogP contribution in [0.3, 0.4) is 0 Å². The van der Waals surface area contributed by atoms with Crippen molar-refractivity contribution < 1.29 is 0 Å². The van der Waals surface area contributed by atoms with Gasteiger partial charge in [-0.1, -0.05) is 67.1 Å². The summed E-state index contributed by atoms with van der Waals surface area (Å²) in [7, 11) is 0. The van der Waals surface area contributed by atoms with E-state index >= 15 is 0 Å². The number of benzene rings is 2. The van der Waals surface area contributed by atoms with Crippen LogP contribution in [-0.4, -0.2) is 24.5 Å². The zero-order chi connectivity index (χ0) is 16.0. The molecule has 0 unspecified atom stereocenters. The van der Waals surface area contributed by atoms with Crippen LogP contribution in [0.25, 0.3) is 0 Å². The minimum atomic E-state index is -0.391. The van der Waals surface area contributed by atoms with E-state index in [0.717, 1.165) is 12.8 Å². The molecular formula is C21H28N2. The lowest BCUT2D eigenvalue weighted by molar-refractivity contribution is 0.219. The van der Waals surface area contributed by atoms with Crippen molar-refractivity contribution in [1.29, 1.82) is 0 Å². The van der Waals surface area contributed by atoms with E-state index in [9.17, 15) is 0 Å². The van der Waals surface area contributed by atoms with E-state index in [1.165, 1.54) is 50.0 Å². The van der Waals surface area contributed by atoms with Gasteiger partial charge in [-0.2, -0.15) is 0 Å². The minimum Gasteiger partial charge on any atom is -0.318 e. The normalized spacial score (nSPS) is 16.4. The molecule has 0 aliphatic carbocycles. The Labute approximate surface area is 140 Å². The highest BCUT2D eigenvalue weighted by Gasteiger charge is 2.29. The quantitative estimate of drug-likeness (QED) is 0.868. The standard InChI is InChI=1S/C21H28N2/c22-21(19-11-4-1-5-12-19,20-13-6-2-7-14-20)15-10-18-23-16-8-3-9-17-23/h1-2,4-7,11-14H,3,8-10,15-18,22H2. The zero-order valence-corrected chi connectivity index (χ0v) is 14.0. The van der Waals surface area contributed by atoms with Crippen molar-refractivity contribution in [2.24, 2.45) is 5.73 Å². The highest BCUT2D eigenvalue weighted by Crippen LogP contribution is 2.31. The van der Waals surface area contributed by atoms with Crippen molar-refractivity contribution in [2.75, 3.05) is 19.6 Å². The molecule has 0 amide bonds. The van der Waals surface area contributed by atoms with E-state index in [2.05, 4.69) is 65.6 Å². The summed E-state index contributed by atoms with van der Waals surface area (Å²) in [6, 6.07) is 21.1. The Kier molecular flexibility index (Phi) is 5.47. The number of rotatable bonds is 6. The van der Waals surface area contributed by atoms with Gasteiger partial charge in [-0.25, -0.2) is 0 Å². The van der Waals surface area contributed by atoms with E-state index in [1.54, 1.807) is 0 Å². The maximum absolute atomic E-state index is 6.94. The van der Waals surface area contributed by atoms with Gasteiger partial charge in [0.05, 0.1) is 5.54 Å². The number of piperidine rings is 1. The number of nitrogens with zero attached hydrogens (tertiary/aromatic N) is 1. The van der Waals surface area contributed by atoms with Crippen molar-refractivity contribution in [3.63, 3.8) is 0 Å². The zero-order valence-electron chi connectivity index (χ0n) is 14.0. The lowest BCUT2D eigenvalue weighted by atomic mass is 9.80. The average molecular weight is 308 g/mol. The van der Waals surface area contributed by atoms with Gasteiger partial charge in [0.25, 0.3) is 0 Å². The number of hydrogen-bond donors (Lipinski definition) is 1. The minimum absolute atomic E-state index is 0.391. The molecule has 0 radical (unpaired) electrons. The summed E-state index contributed by atoms with van der Waals surface area (Å²) in [6.45, 7) is 3.68. The van der Waals surface area contributed by atoms with Gasteiger partial charge >= 0.3 is 0 Å². The monoisotopic (exact) mass is 308 g/mol. The molecule has 2 aromatic rings. The van der Waals surface area contributed by atoms with E-state index in [1.807, 2.05) is 0 Å². The smallest absolute Gasteiger partial charge is 0.0666 e. The molecule has 1 aliphatic heterocycles. The third kappa shape index (κ3) is 4.01. The van der Waals surface area contributed by atoms with Gasteiger partial charge in [-0.15, -0.1) is 0 Å². The highest BCUT2D eigenvalue weighted by atomic mass is 15.1. The number of likely N-dealkylation sites (tertiary alicyclic amines) is 1.